The van der Waals surface area contributed by atoms with Crippen LogP contribution in [-0.2, 0) is 49.7 Å². The number of carbonyl (C=O) groups excluding carboxylic acids is 8. The van der Waals surface area contributed by atoms with Crippen LogP contribution < -0.4 is 32.3 Å². The number of hydrogen-bond donors (Lipinski definition) is 6. The van der Waals surface area contributed by atoms with Gasteiger partial charge in [-0.05, 0) is 56.4 Å². The number of rotatable bonds is 25. The van der Waals surface area contributed by atoms with E-state index in [-0.39, 0.29) is 56.1 Å². The quantitative estimate of drug-likeness (QED) is 0.0791. The van der Waals surface area contributed by atoms with Gasteiger partial charge in [0.2, 0.25) is 41.2 Å². The van der Waals surface area contributed by atoms with Gasteiger partial charge in [0.15, 0.2) is 0 Å². The zero-order chi connectivity index (χ0) is 45.0. The summed E-state index contributed by atoms with van der Waals surface area (Å²) in [4.78, 5) is 109. The number of primary amides is 1. The average Bonchev–Trinajstić information content (AvgIpc) is 3.98. The van der Waals surface area contributed by atoms with E-state index >= 15 is 0 Å². The number of nitrogens with one attached hydrogen (secondary N) is 5. The normalized spacial score (nSPS) is 20.0. The summed E-state index contributed by atoms with van der Waals surface area (Å²) < 4.78 is 6.26. The van der Waals surface area contributed by atoms with Gasteiger partial charge in [-0.15, -0.1) is 0 Å². The average molecular weight is 866 g/mol. The summed E-state index contributed by atoms with van der Waals surface area (Å²) in [6.07, 6.45) is 11.6. The molecule has 2 aliphatic carbocycles. The fourth-order valence-corrected chi connectivity index (χ4v) is 8.80. The summed E-state index contributed by atoms with van der Waals surface area (Å²) >= 11 is 0. The van der Waals surface area contributed by atoms with Crippen LogP contribution in [0.1, 0.15) is 142 Å². The molecule has 1 saturated heterocycles. The van der Waals surface area contributed by atoms with Crippen LogP contribution in [0, 0.1) is 11.8 Å². The molecule has 16 nitrogen and oxygen atoms in total. The molecule has 62 heavy (non-hydrogen) atoms. The Morgan fingerprint density at radius 1 is 0.726 bits per heavy atom. The van der Waals surface area contributed by atoms with Crippen LogP contribution in [0.15, 0.2) is 30.3 Å². The number of likely N-dealkylation sites (tertiary alicyclic amines) is 1. The molecule has 4 rings (SSSR count). The molecule has 0 bridgehead atoms. The van der Waals surface area contributed by atoms with E-state index < -0.39 is 78.2 Å². The molecule has 6 atom stereocenters. The molecule has 1 aromatic rings. The minimum atomic E-state index is -1.26. The monoisotopic (exact) mass is 866 g/mol. The van der Waals surface area contributed by atoms with Crippen molar-refractivity contribution in [1.82, 2.24) is 31.5 Å². The van der Waals surface area contributed by atoms with Gasteiger partial charge in [0.25, 0.3) is 5.91 Å². The molecular formula is C46H71N7O9. The molecular weight excluding hydrogens is 795 g/mol. The Morgan fingerprint density at radius 3 is 2.00 bits per heavy atom. The number of nitrogens with two attached hydrogens (primary N) is 1. The zero-order valence-electron chi connectivity index (χ0n) is 37.1. The molecule has 0 radical (unpaired) electrons. The topological polar surface area (TPSA) is 235 Å². The largest absolute Gasteiger partial charge is 0.372 e. The second kappa shape index (κ2) is 25.9. The minimum absolute atomic E-state index is 0.0842. The van der Waals surface area contributed by atoms with Gasteiger partial charge in [-0.1, -0.05) is 115 Å². The van der Waals surface area contributed by atoms with Crippen molar-refractivity contribution in [2.24, 2.45) is 17.6 Å². The van der Waals surface area contributed by atoms with E-state index in [0.717, 1.165) is 76.2 Å². The Labute approximate surface area is 366 Å². The second-order valence-corrected chi connectivity index (χ2v) is 17.3. The Morgan fingerprint density at radius 2 is 1.37 bits per heavy atom. The van der Waals surface area contributed by atoms with Gasteiger partial charge in [0, 0.05) is 18.9 Å². The summed E-state index contributed by atoms with van der Waals surface area (Å²) in [6.45, 7) is 5.41. The van der Waals surface area contributed by atoms with Crippen LogP contribution in [-0.4, -0.2) is 101 Å². The molecule has 3 aliphatic rings. The number of unbranched alkanes of at least 4 members (excludes halogenated alkanes) is 2. The number of amides is 7. The number of ether oxygens (including phenoxy) is 1. The van der Waals surface area contributed by atoms with Crippen molar-refractivity contribution in [3.8, 4) is 0 Å². The van der Waals surface area contributed by atoms with Gasteiger partial charge in [-0.2, -0.15) is 0 Å². The molecule has 1 heterocycles. The predicted molar refractivity (Wildman–Crippen MR) is 233 cm³/mol. The fraction of sp³-hybridized carbons (Fsp3) is 0.696. The molecule has 16 heteroatoms. The van der Waals surface area contributed by atoms with E-state index in [4.69, 9.17) is 10.5 Å². The Hall–Kier alpha value is -4.86. The molecule has 7 amide bonds. The van der Waals surface area contributed by atoms with Crippen molar-refractivity contribution >= 4 is 47.1 Å². The number of benzene rings is 1. The summed E-state index contributed by atoms with van der Waals surface area (Å²) in [5.41, 5.74) is 6.42. The maximum atomic E-state index is 14.7. The number of ketones is 1. The number of Topliss-reactive ketones (excluding diaryl/α,β-unsaturated/α-hetero) is 1. The first-order valence-corrected chi connectivity index (χ1v) is 23.1. The summed E-state index contributed by atoms with van der Waals surface area (Å²) in [7, 11) is 0. The van der Waals surface area contributed by atoms with E-state index in [2.05, 4.69) is 26.6 Å². The van der Waals surface area contributed by atoms with E-state index in [9.17, 15) is 38.4 Å². The fourth-order valence-electron chi connectivity index (χ4n) is 8.80. The summed E-state index contributed by atoms with van der Waals surface area (Å²) in [5, 5.41) is 13.4. The van der Waals surface area contributed by atoms with Crippen LogP contribution in [0.4, 0.5) is 0 Å². The maximum Gasteiger partial charge on any atom is 0.290 e. The lowest BCUT2D eigenvalue weighted by Gasteiger charge is -2.35. The van der Waals surface area contributed by atoms with Gasteiger partial charge >= 0.3 is 0 Å². The number of carbonyl (C=O) groups is 8. The maximum absolute atomic E-state index is 14.7. The SMILES string of the molecule is CCCCC(NC(=O)C(CCCC)NC(=O)CNC(=O)C(=O)C(CCC)NC(=O)C1CC(OCc2ccccc2)CN1C(=O)C(NC(=O)C1CCCC1)C1CCCCC1)C(N)=O. The first-order valence-electron chi connectivity index (χ1n) is 23.1. The molecule has 344 valence electrons. The van der Waals surface area contributed by atoms with Crippen molar-refractivity contribution in [1.29, 1.82) is 0 Å². The van der Waals surface area contributed by atoms with Gasteiger partial charge in [-0.3, -0.25) is 38.4 Å². The van der Waals surface area contributed by atoms with Crippen molar-refractivity contribution in [3.63, 3.8) is 0 Å². The third-order valence-electron chi connectivity index (χ3n) is 12.4. The highest BCUT2D eigenvalue weighted by molar-refractivity contribution is 6.38. The van der Waals surface area contributed by atoms with E-state index in [1.54, 1.807) is 6.92 Å². The van der Waals surface area contributed by atoms with Gasteiger partial charge in [0.1, 0.15) is 24.2 Å². The standard InChI is InChI=1S/C46H71N7O9/c1-4-7-24-35(41(47)56)51-43(58)36(25-8-5-2)49-38(54)27-48-45(60)40(55)34(17-6-3)50-44(59)37-26-33(62-29-30-18-11-9-12-19-30)28-53(37)46(61)39(31-20-13-10-14-21-31)52-42(57)32-22-15-16-23-32/h9,11-12,18-19,31-37,39H,4-8,10,13-17,20-29H2,1-3H3,(H2,47,56)(H,48,60)(H,49,54)(H,50,59)(H,51,58)(H,52,57). The van der Waals surface area contributed by atoms with Crippen molar-refractivity contribution in [2.45, 2.75) is 179 Å². The van der Waals surface area contributed by atoms with Crippen molar-refractivity contribution in [2.75, 3.05) is 13.1 Å². The highest BCUT2D eigenvalue weighted by Gasteiger charge is 2.46. The van der Waals surface area contributed by atoms with Crippen LogP contribution in [0.3, 0.4) is 0 Å². The number of hydrogen-bond acceptors (Lipinski definition) is 9. The highest BCUT2D eigenvalue weighted by Crippen LogP contribution is 2.32. The third-order valence-corrected chi connectivity index (χ3v) is 12.4. The van der Waals surface area contributed by atoms with Crippen LogP contribution in [0.25, 0.3) is 0 Å². The Bertz CT molecular complexity index is 1660. The zero-order valence-corrected chi connectivity index (χ0v) is 37.1. The van der Waals surface area contributed by atoms with Crippen LogP contribution in [0.2, 0.25) is 0 Å². The highest BCUT2D eigenvalue weighted by atomic mass is 16.5. The second-order valence-electron chi connectivity index (χ2n) is 17.3. The van der Waals surface area contributed by atoms with Crippen molar-refractivity contribution < 1.29 is 43.1 Å². The molecule has 1 aliphatic heterocycles. The Kier molecular flexibility index (Phi) is 20.8. The molecule has 2 saturated carbocycles. The smallest absolute Gasteiger partial charge is 0.290 e. The lowest BCUT2D eigenvalue weighted by molar-refractivity contribution is -0.145. The molecule has 0 aromatic heterocycles. The van der Waals surface area contributed by atoms with E-state index in [0.29, 0.717) is 25.7 Å². The molecule has 1 aromatic carbocycles. The predicted octanol–water partition coefficient (Wildman–Crippen LogP) is 3.23. The first kappa shape index (κ1) is 49.8. The molecule has 7 N–H and O–H groups in total. The summed E-state index contributed by atoms with van der Waals surface area (Å²) in [6, 6.07) is 4.54. The van der Waals surface area contributed by atoms with Crippen LogP contribution in [0.5, 0.6) is 0 Å². The Balaban J connectivity index is 1.45. The van der Waals surface area contributed by atoms with Gasteiger partial charge in [0.05, 0.1) is 25.3 Å². The lowest BCUT2D eigenvalue weighted by Crippen LogP contribution is -2.58. The first-order chi connectivity index (χ1) is 29.9. The molecule has 6 unspecified atom stereocenters. The third kappa shape index (κ3) is 15.2. The lowest BCUT2D eigenvalue weighted by atomic mass is 9.83. The van der Waals surface area contributed by atoms with Crippen molar-refractivity contribution in [3.05, 3.63) is 35.9 Å². The number of nitrogens with zero attached hydrogens (tertiary/aromatic N) is 1. The van der Waals surface area contributed by atoms with E-state index in [1.165, 1.54) is 4.90 Å². The minimum Gasteiger partial charge on any atom is -0.372 e. The molecule has 3 fully saturated rings. The molecule has 0 spiro atoms. The van der Waals surface area contributed by atoms with E-state index in [1.807, 2.05) is 44.2 Å². The van der Waals surface area contributed by atoms with Gasteiger partial charge in [-0.25, -0.2) is 0 Å². The summed E-state index contributed by atoms with van der Waals surface area (Å²) in [5.74, 6) is -5.38. The van der Waals surface area contributed by atoms with Gasteiger partial charge < -0.3 is 42.0 Å². The van der Waals surface area contributed by atoms with Crippen LogP contribution >= 0.6 is 0 Å².